The lowest BCUT2D eigenvalue weighted by atomic mass is 9.96. The Kier molecular flexibility index (Phi) is 16.0. The molecule has 174 valence electrons. The fourth-order valence-corrected chi connectivity index (χ4v) is 3.96. The molecule has 0 aromatic heterocycles. The summed E-state index contributed by atoms with van der Waals surface area (Å²) in [6, 6.07) is 19.9. The zero-order valence-electron chi connectivity index (χ0n) is 18.5. The van der Waals surface area contributed by atoms with E-state index in [-0.39, 0.29) is 37.2 Å². The standard InChI is InChI=1S/C25H35N3.3ClH/c1-2-28(18-10-9-17-27-16-8-7-15-26)20-25-23-13-5-3-11-21(23)19-22-12-4-6-14-24(22)25;;;/h3-6,11-14,19,27H,2,7-10,15-18,20,26H2,1H3;3*1H. The number of unbranched alkanes of at least 4 members (excludes halogenated alkanes) is 2. The molecule has 3 aromatic carbocycles. The molecule has 3 rings (SSSR count). The van der Waals surface area contributed by atoms with E-state index in [1.54, 1.807) is 0 Å². The molecule has 0 aliphatic rings. The molecule has 3 nitrogen and oxygen atoms in total. The van der Waals surface area contributed by atoms with Crippen LogP contribution in [0, 0.1) is 0 Å². The predicted molar refractivity (Wildman–Crippen MR) is 145 cm³/mol. The lowest BCUT2D eigenvalue weighted by Crippen LogP contribution is -2.25. The lowest BCUT2D eigenvalue weighted by Gasteiger charge is -2.23. The molecule has 0 spiro atoms. The molecule has 31 heavy (non-hydrogen) atoms. The fraction of sp³-hybridized carbons (Fsp3) is 0.440. The van der Waals surface area contributed by atoms with Crippen LogP contribution in [-0.4, -0.2) is 37.6 Å². The first kappa shape index (κ1) is 29.9. The molecule has 0 atom stereocenters. The van der Waals surface area contributed by atoms with Gasteiger partial charge in [-0.2, -0.15) is 0 Å². The van der Waals surface area contributed by atoms with Crippen LogP contribution in [0.25, 0.3) is 21.5 Å². The van der Waals surface area contributed by atoms with Crippen molar-refractivity contribution in [2.75, 3.05) is 32.7 Å². The maximum Gasteiger partial charge on any atom is 0.0245 e. The normalized spacial score (nSPS) is 10.5. The summed E-state index contributed by atoms with van der Waals surface area (Å²) in [5.74, 6) is 0. The van der Waals surface area contributed by atoms with Crippen molar-refractivity contribution in [1.82, 2.24) is 10.2 Å². The van der Waals surface area contributed by atoms with Gasteiger partial charge in [-0.3, -0.25) is 4.90 Å². The van der Waals surface area contributed by atoms with Gasteiger partial charge in [-0.15, -0.1) is 37.2 Å². The van der Waals surface area contributed by atoms with Crippen molar-refractivity contribution in [1.29, 1.82) is 0 Å². The second kappa shape index (κ2) is 16.5. The highest BCUT2D eigenvalue weighted by Gasteiger charge is 2.11. The van der Waals surface area contributed by atoms with Crippen LogP contribution in [0.1, 0.15) is 38.2 Å². The van der Waals surface area contributed by atoms with Gasteiger partial charge in [0.2, 0.25) is 0 Å². The number of fused-ring (bicyclic) bond motifs is 2. The molecule has 0 heterocycles. The maximum atomic E-state index is 5.54. The van der Waals surface area contributed by atoms with E-state index in [1.807, 2.05) is 0 Å². The lowest BCUT2D eigenvalue weighted by molar-refractivity contribution is 0.275. The third-order valence-electron chi connectivity index (χ3n) is 5.60. The zero-order valence-corrected chi connectivity index (χ0v) is 21.0. The van der Waals surface area contributed by atoms with E-state index < -0.39 is 0 Å². The summed E-state index contributed by atoms with van der Waals surface area (Å²) in [6.07, 6.45) is 4.77. The average Bonchev–Trinajstić information content (AvgIpc) is 2.74. The van der Waals surface area contributed by atoms with Gasteiger partial charge in [-0.05, 0) is 91.6 Å². The van der Waals surface area contributed by atoms with Crippen molar-refractivity contribution in [3.05, 3.63) is 60.2 Å². The average molecular weight is 487 g/mol. The first-order chi connectivity index (χ1) is 13.8. The van der Waals surface area contributed by atoms with Gasteiger partial charge in [0.1, 0.15) is 0 Å². The number of hydrogen-bond acceptors (Lipinski definition) is 3. The Balaban J connectivity index is 0.00000300. The van der Waals surface area contributed by atoms with Gasteiger partial charge in [0.15, 0.2) is 0 Å². The van der Waals surface area contributed by atoms with Crippen molar-refractivity contribution < 1.29 is 0 Å². The van der Waals surface area contributed by atoms with Crippen LogP contribution in [0.3, 0.4) is 0 Å². The SMILES string of the molecule is CCN(CCCCNCCCCN)Cc1c2ccccc2cc2ccccc12.Cl.Cl.Cl. The van der Waals surface area contributed by atoms with Gasteiger partial charge in [-0.25, -0.2) is 0 Å². The number of rotatable bonds is 12. The minimum Gasteiger partial charge on any atom is -0.330 e. The van der Waals surface area contributed by atoms with Crippen LogP contribution in [-0.2, 0) is 6.54 Å². The number of nitrogens with two attached hydrogens (primary N) is 1. The van der Waals surface area contributed by atoms with Crippen molar-refractivity contribution in [3.8, 4) is 0 Å². The monoisotopic (exact) mass is 485 g/mol. The molecule has 6 heteroatoms. The smallest absolute Gasteiger partial charge is 0.0245 e. The van der Waals surface area contributed by atoms with Gasteiger partial charge in [0.25, 0.3) is 0 Å². The van der Waals surface area contributed by atoms with E-state index in [2.05, 4.69) is 71.7 Å². The minimum atomic E-state index is 0. The van der Waals surface area contributed by atoms with Crippen LogP contribution in [0.5, 0.6) is 0 Å². The number of nitrogens with one attached hydrogen (secondary N) is 1. The first-order valence-corrected chi connectivity index (χ1v) is 10.9. The molecule has 0 saturated carbocycles. The Morgan fingerprint density at radius 1 is 0.774 bits per heavy atom. The highest BCUT2D eigenvalue weighted by molar-refractivity contribution is 6.02. The van der Waals surface area contributed by atoms with Crippen molar-refractivity contribution in [2.45, 2.75) is 39.2 Å². The molecule has 3 aromatic rings. The third kappa shape index (κ3) is 8.76. The summed E-state index contributed by atoms with van der Waals surface area (Å²) in [6.45, 7) is 8.53. The van der Waals surface area contributed by atoms with Crippen LogP contribution in [0.2, 0.25) is 0 Å². The van der Waals surface area contributed by atoms with E-state index in [1.165, 1.54) is 46.4 Å². The summed E-state index contributed by atoms with van der Waals surface area (Å²) in [4.78, 5) is 2.59. The van der Waals surface area contributed by atoms with Crippen LogP contribution >= 0.6 is 37.2 Å². The Hall–Kier alpha value is -1.07. The summed E-state index contributed by atoms with van der Waals surface area (Å²) >= 11 is 0. The highest BCUT2D eigenvalue weighted by atomic mass is 35.5. The molecule has 0 radical (unpaired) electrons. The molecule has 0 fully saturated rings. The molecule has 0 amide bonds. The Labute approximate surface area is 206 Å². The van der Waals surface area contributed by atoms with E-state index in [9.17, 15) is 0 Å². The Morgan fingerprint density at radius 3 is 1.87 bits per heavy atom. The number of nitrogens with zero attached hydrogens (tertiary/aromatic N) is 1. The summed E-state index contributed by atoms with van der Waals surface area (Å²) in [5.41, 5.74) is 7.01. The van der Waals surface area contributed by atoms with Gasteiger partial charge >= 0.3 is 0 Å². The largest absolute Gasteiger partial charge is 0.330 e. The second-order valence-electron chi connectivity index (χ2n) is 7.62. The molecular weight excluding hydrogens is 449 g/mol. The molecule has 0 unspecified atom stereocenters. The van der Waals surface area contributed by atoms with Crippen LogP contribution < -0.4 is 11.1 Å². The maximum absolute atomic E-state index is 5.54. The van der Waals surface area contributed by atoms with Crippen molar-refractivity contribution >= 4 is 58.8 Å². The summed E-state index contributed by atoms with van der Waals surface area (Å²) in [5, 5.41) is 9.00. The summed E-state index contributed by atoms with van der Waals surface area (Å²) < 4.78 is 0. The van der Waals surface area contributed by atoms with Crippen molar-refractivity contribution in [3.63, 3.8) is 0 Å². The van der Waals surface area contributed by atoms with Gasteiger partial charge in [0, 0.05) is 6.54 Å². The van der Waals surface area contributed by atoms with Gasteiger partial charge in [0.05, 0.1) is 0 Å². The number of benzene rings is 3. The van der Waals surface area contributed by atoms with Crippen LogP contribution in [0.15, 0.2) is 54.6 Å². The van der Waals surface area contributed by atoms with Gasteiger partial charge < -0.3 is 11.1 Å². The van der Waals surface area contributed by atoms with E-state index >= 15 is 0 Å². The molecule has 0 saturated heterocycles. The van der Waals surface area contributed by atoms with E-state index in [4.69, 9.17) is 5.73 Å². The third-order valence-corrected chi connectivity index (χ3v) is 5.60. The number of halogens is 3. The first-order valence-electron chi connectivity index (χ1n) is 10.9. The quantitative estimate of drug-likeness (QED) is 0.237. The molecule has 0 bridgehead atoms. The number of hydrogen-bond donors (Lipinski definition) is 2. The molecular formula is C25H38Cl3N3. The fourth-order valence-electron chi connectivity index (χ4n) is 3.96. The van der Waals surface area contributed by atoms with E-state index in [0.717, 1.165) is 45.7 Å². The molecule has 0 aliphatic heterocycles. The molecule has 3 N–H and O–H groups in total. The van der Waals surface area contributed by atoms with Gasteiger partial charge in [-0.1, -0.05) is 55.5 Å². The predicted octanol–water partition coefficient (Wildman–Crippen LogP) is 6.19. The Bertz CT molecular complexity index is 819. The van der Waals surface area contributed by atoms with Crippen molar-refractivity contribution in [2.24, 2.45) is 5.73 Å². The van der Waals surface area contributed by atoms with E-state index in [0.29, 0.717) is 0 Å². The molecule has 0 aliphatic carbocycles. The van der Waals surface area contributed by atoms with Crippen LogP contribution in [0.4, 0.5) is 0 Å². The summed E-state index contributed by atoms with van der Waals surface area (Å²) in [7, 11) is 0. The topological polar surface area (TPSA) is 41.3 Å². The Morgan fingerprint density at radius 2 is 1.32 bits per heavy atom. The highest BCUT2D eigenvalue weighted by Crippen LogP contribution is 2.29. The zero-order chi connectivity index (χ0) is 19.6. The minimum absolute atomic E-state index is 0. The second-order valence-corrected chi connectivity index (χ2v) is 7.62.